The van der Waals surface area contributed by atoms with E-state index < -0.39 is 42.6 Å². The normalized spacial score (nSPS) is 21.9. The molecule has 3 aliphatic heterocycles. The molecule has 264 valence electrons. The Kier molecular flexibility index (Phi) is 8.61. The second-order valence-corrected chi connectivity index (χ2v) is 14.8. The standard InChI is InChI=1S/C37H45BN4O8/c1-20(47-8)32(41(6)35(44)45)34(43)42-17-21(18-46-7)13-29(42)33-39-28-12-9-22-15-27-25-11-10-24(38-49-36(2,3)37(4,5)50-38)14-23(25)19-48-30(27)16-26(22)31(28)40-33/h9-12,14-16,20-21,29,32H,13,17-19H2,1-8H3,(H,39,40)(H,44,45). The number of rotatable bonds is 8. The molecule has 0 radical (unpaired) electrons. The number of carbonyl (C=O) groups excluding carboxylic acids is 1. The van der Waals surface area contributed by atoms with Crippen molar-refractivity contribution in [2.24, 2.45) is 5.92 Å². The Labute approximate surface area is 292 Å². The van der Waals surface area contributed by atoms with Crippen molar-refractivity contribution >= 4 is 46.4 Å². The van der Waals surface area contributed by atoms with Crippen molar-refractivity contribution in [3.63, 3.8) is 0 Å². The second kappa shape index (κ2) is 12.6. The Balaban J connectivity index is 1.22. The number of imidazole rings is 1. The Morgan fingerprint density at radius 3 is 2.52 bits per heavy atom. The van der Waals surface area contributed by atoms with Gasteiger partial charge in [0, 0.05) is 44.7 Å². The first-order chi connectivity index (χ1) is 23.7. The van der Waals surface area contributed by atoms with Crippen LogP contribution in [0.1, 0.15) is 58.5 Å². The first kappa shape index (κ1) is 34.3. The molecule has 2 fully saturated rings. The van der Waals surface area contributed by atoms with E-state index in [-0.39, 0.29) is 11.8 Å². The van der Waals surface area contributed by atoms with Gasteiger partial charge in [-0.25, -0.2) is 9.78 Å². The lowest BCUT2D eigenvalue weighted by Gasteiger charge is -2.34. The van der Waals surface area contributed by atoms with Crippen molar-refractivity contribution in [3.05, 3.63) is 53.9 Å². The Hall–Kier alpha value is -4.17. The molecule has 2 N–H and O–H groups in total. The molecular formula is C37H45BN4O8. The predicted molar refractivity (Wildman–Crippen MR) is 190 cm³/mol. The van der Waals surface area contributed by atoms with Gasteiger partial charge in [-0.05, 0) is 81.2 Å². The van der Waals surface area contributed by atoms with E-state index >= 15 is 0 Å². The van der Waals surface area contributed by atoms with Gasteiger partial charge in [0.15, 0.2) is 0 Å². The van der Waals surface area contributed by atoms with E-state index in [4.69, 9.17) is 28.5 Å². The number of nitrogens with one attached hydrogen (secondary N) is 1. The monoisotopic (exact) mass is 684 g/mol. The lowest BCUT2D eigenvalue weighted by atomic mass is 9.77. The van der Waals surface area contributed by atoms with Gasteiger partial charge in [-0.15, -0.1) is 0 Å². The number of hydrogen-bond donors (Lipinski definition) is 2. The number of carboxylic acid groups (broad SMARTS) is 1. The molecule has 0 saturated carbocycles. The molecule has 4 aromatic rings. The summed E-state index contributed by atoms with van der Waals surface area (Å²) >= 11 is 0. The van der Waals surface area contributed by atoms with Crippen LogP contribution in [-0.2, 0) is 30.2 Å². The van der Waals surface area contributed by atoms with Gasteiger partial charge in [0.25, 0.3) is 0 Å². The average molecular weight is 685 g/mol. The molecule has 2 saturated heterocycles. The van der Waals surface area contributed by atoms with Crippen LogP contribution in [0, 0.1) is 5.92 Å². The van der Waals surface area contributed by atoms with Gasteiger partial charge in [-0.3, -0.25) is 9.69 Å². The van der Waals surface area contributed by atoms with Gasteiger partial charge >= 0.3 is 13.2 Å². The van der Waals surface area contributed by atoms with Crippen LogP contribution in [-0.4, -0.2) is 102 Å². The first-order valence-electron chi connectivity index (χ1n) is 17.1. The highest BCUT2D eigenvalue weighted by Crippen LogP contribution is 2.43. The summed E-state index contributed by atoms with van der Waals surface area (Å²) in [4.78, 5) is 37.3. The number of aromatic nitrogens is 2. The average Bonchev–Trinajstić information content (AvgIpc) is 3.76. The number of ether oxygens (including phenoxy) is 3. The van der Waals surface area contributed by atoms with E-state index in [2.05, 4.69) is 69.1 Å². The Morgan fingerprint density at radius 1 is 1.10 bits per heavy atom. The highest BCUT2D eigenvalue weighted by molar-refractivity contribution is 6.62. The third-order valence-electron chi connectivity index (χ3n) is 11.1. The maximum atomic E-state index is 14.1. The van der Waals surface area contributed by atoms with E-state index in [1.54, 1.807) is 18.9 Å². The van der Waals surface area contributed by atoms with Gasteiger partial charge in [0.2, 0.25) is 5.91 Å². The van der Waals surface area contributed by atoms with Gasteiger partial charge < -0.3 is 38.5 Å². The van der Waals surface area contributed by atoms with E-state index in [0.29, 0.717) is 32.0 Å². The van der Waals surface area contributed by atoms with Gasteiger partial charge in [-0.2, -0.15) is 0 Å². The first-order valence-corrected chi connectivity index (χ1v) is 17.1. The van der Waals surface area contributed by atoms with E-state index in [0.717, 1.165) is 54.6 Å². The minimum absolute atomic E-state index is 0.0540. The quantitative estimate of drug-likeness (QED) is 0.243. The van der Waals surface area contributed by atoms with Crippen LogP contribution in [0.15, 0.2) is 42.5 Å². The fourth-order valence-electron chi connectivity index (χ4n) is 7.50. The number of likely N-dealkylation sites (tertiary alicyclic amines) is 1. The van der Waals surface area contributed by atoms with Gasteiger partial charge in [-0.1, -0.05) is 24.3 Å². The molecule has 3 aliphatic rings. The lowest BCUT2D eigenvalue weighted by Crippen LogP contribution is -2.54. The number of likely N-dealkylation sites (N-methyl/N-ethyl adjacent to an activating group) is 1. The van der Waals surface area contributed by atoms with Crippen LogP contribution in [0.5, 0.6) is 5.75 Å². The van der Waals surface area contributed by atoms with Crippen molar-refractivity contribution in [1.29, 1.82) is 0 Å². The highest BCUT2D eigenvalue weighted by Gasteiger charge is 2.52. The molecule has 13 heteroatoms. The van der Waals surface area contributed by atoms with Crippen molar-refractivity contribution in [3.8, 4) is 16.9 Å². The van der Waals surface area contributed by atoms with Crippen LogP contribution in [0.25, 0.3) is 32.9 Å². The van der Waals surface area contributed by atoms with Crippen LogP contribution >= 0.6 is 0 Å². The molecule has 1 aromatic heterocycles. The Morgan fingerprint density at radius 2 is 1.84 bits per heavy atom. The minimum atomic E-state index is -1.20. The van der Waals surface area contributed by atoms with Gasteiger partial charge in [0.05, 0.1) is 41.0 Å². The number of methoxy groups -OCH3 is 2. The summed E-state index contributed by atoms with van der Waals surface area (Å²) in [6.07, 6.45) is -1.24. The molecule has 50 heavy (non-hydrogen) atoms. The van der Waals surface area contributed by atoms with E-state index in [1.807, 2.05) is 6.07 Å². The molecule has 4 heterocycles. The smallest absolute Gasteiger partial charge is 0.488 e. The van der Waals surface area contributed by atoms with Crippen LogP contribution in [0.3, 0.4) is 0 Å². The fourth-order valence-corrected chi connectivity index (χ4v) is 7.50. The number of aromatic amines is 1. The van der Waals surface area contributed by atoms with Gasteiger partial charge in [0.1, 0.15) is 24.2 Å². The summed E-state index contributed by atoms with van der Waals surface area (Å²) in [5.41, 5.74) is 4.91. The maximum Gasteiger partial charge on any atom is 0.494 e. The zero-order valence-electron chi connectivity index (χ0n) is 29.9. The Bertz CT molecular complexity index is 1960. The van der Waals surface area contributed by atoms with Crippen LogP contribution < -0.4 is 10.2 Å². The maximum absolute atomic E-state index is 14.1. The summed E-state index contributed by atoms with van der Waals surface area (Å²) in [7, 11) is 4.06. The molecule has 4 atom stereocenters. The highest BCUT2D eigenvalue weighted by atomic mass is 16.7. The second-order valence-electron chi connectivity index (χ2n) is 14.8. The van der Waals surface area contributed by atoms with Crippen molar-refractivity contribution in [1.82, 2.24) is 19.8 Å². The third-order valence-corrected chi connectivity index (χ3v) is 11.1. The molecule has 3 aromatic carbocycles. The topological polar surface area (TPSA) is 136 Å². The molecule has 7 rings (SSSR count). The van der Waals surface area contributed by atoms with Crippen LogP contribution in [0.4, 0.5) is 4.79 Å². The van der Waals surface area contributed by atoms with Crippen molar-refractivity contribution in [2.75, 3.05) is 34.4 Å². The molecule has 0 bridgehead atoms. The minimum Gasteiger partial charge on any atom is -0.488 e. The molecule has 2 amide bonds. The molecule has 0 aliphatic carbocycles. The molecule has 4 unspecified atom stereocenters. The number of amides is 2. The predicted octanol–water partition coefficient (Wildman–Crippen LogP) is 5.12. The molecule has 0 spiro atoms. The lowest BCUT2D eigenvalue weighted by molar-refractivity contribution is -0.141. The summed E-state index contributed by atoms with van der Waals surface area (Å²) < 4.78 is 29.9. The summed E-state index contributed by atoms with van der Waals surface area (Å²) in [5.74, 6) is 1.14. The zero-order chi connectivity index (χ0) is 35.7. The number of hydrogen-bond acceptors (Lipinski definition) is 8. The summed E-state index contributed by atoms with van der Waals surface area (Å²) in [6, 6.07) is 13.1. The number of nitrogens with zero attached hydrogens (tertiary/aromatic N) is 3. The number of fused-ring (bicyclic) bond motifs is 6. The number of carbonyl (C=O) groups is 2. The summed E-state index contributed by atoms with van der Waals surface area (Å²) in [6.45, 7) is 11.2. The van der Waals surface area contributed by atoms with Crippen LogP contribution in [0.2, 0.25) is 0 Å². The van der Waals surface area contributed by atoms with Crippen molar-refractivity contribution < 1.29 is 38.2 Å². The van der Waals surface area contributed by atoms with E-state index in [1.165, 1.54) is 14.2 Å². The number of H-pyrrole nitrogens is 1. The molecule has 12 nitrogen and oxygen atoms in total. The SMILES string of the molecule is COCC1CC(c2nc3ccc4cc5c(cc4c3[nH]2)OCc2cc(B3OC(C)(C)C(C)(C)O3)ccc2-5)N(C(=O)C(C(C)OC)N(C)C(=O)O)C1. The van der Waals surface area contributed by atoms with E-state index in [9.17, 15) is 14.7 Å². The zero-order valence-corrected chi connectivity index (χ0v) is 29.9. The molecular weight excluding hydrogens is 639 g/mol. The summed E-state index contributed by atoms with van der Waals surface area (Å²) in [5, 5.41) is 11.8. The fraction of sp³-hybridized carbons (Fsp3) is 0.486. The largest absolute Gasteiger partial charge is 0.494 e. The van der Waals surface area contributed by atoms with Crippen molar-refractivity contribution in [2.45, 2.75) is 77.0 Å². The number of benzene rings is 3. The third kappa shape index (κ3) is 5.70.